The topological polar surface area (TPSA) is 16.1 Å². The largest absolute Gasteiger partial charge is 0.347 e. The third kappa shape index (κ3) is 1.09. The highest BCUT2D eigenvalue weighted by atomic mass is 79.9. The summed E-state index contributed by atoms with van der Waals surface area (Å²) in [6.07, 6.45) is 1.46. The number of hydrogen-bond acceptors (Lipinski definition) is 3. The lowest BCUT2D eigenvalue weighted by molar-refractivity contribution is 0.815. The van der Waals surface area contributed by atoms with Crippen molar-refractivity contribution >= 4 is 32.4 Å². The standard InChI is InChI=1S/C8H9BrN2S/c9-7-4-12-8(10-7)11-2-5-1-6(5)3-11/h4-6H,1-3H2/t5-,6-/m0/s1. The average molecular weight is 245 g/mol. The molecule has 0 radical (unpaired) electrons. The molecule has 0 aromatic carbocycles. The van der Waals surface area contributed by atoms with E-state index >= 15 is 0 Å². The van der Waals surface area contributed by atoms with Crippen molar-refractivity contribution in [2.45, 2.75) is 6.42 Å². The highest BCUT2D eigenvalue weighted by Crippen LogP contribution is 2.46. The zero-order chi connectivity index (χ0) is 8.13. The fourth-order valence-electron chi connectivity index (χ4n) is 1.95. The van der Waals surface area contributed by atoms with Gasteiger partial charge in [-0.15, -0.1) is 11.3 Å². The molecule has 1 aliphatic heterocycles. The number of halogens is 1. The first-order valence-electron chi connectivity index (χ1n) is 4.19. The van der Waals surface area contributed by atoms with Gasteiger partial charge in [0.25, 0.3) is 0 Å². The molecular formula is C8H9BrN2S. The van der Waals surface area contributed by atoms with Crippen LogP contribution in [-0.2, 0) is 0 Å². The molecule has 2 fully saturated rings. The van der Waals surface area contributed by atoms with E-state index in [9.17, 15) is 0 Å². The Hall–Kier alpha value is -0.0900. The van der Waals surface area contributed by atoms with Crippen LogP contribution in [0.1, 0.15) is 6.42 Å². The molecule has 2 aliphatic rings. The van der Waals surface area contributed by atoms with Crippen molar-refractivity contribution in [3.63, 3.8) is 0 Å². The SMILES string of the molecule is Brc1csc(N2C[C@@H]3C[C@H]3C2)n1. The van der Waals surface area contributed by atoms with Crippen molar-refractivity contribution in [2.24, 2.45) is 11.8 Å². The highest BCUT2D eigenvalue weighted by molar-refractivity contribution is 9.10. The van der Waals surface area contributed by atoms with Crippen LogP contribution in [0.2, 0.25) is 0 Å². The highest BCUT2D eigenvalue weighted by Gasteiger charge is 2.45. The molecule has 2 atom stereocenters. The van der Waals surface area contributed by atoms with Crippen LogP contribution in [0.5, 0.6) is 0 Å². The van der Waals surface area contributed by atoms with E-state index in [2.05, 4.69) is 31.2 Å². The maximum atomic E-state index is 4.41. The molecule has 12 heavy (non-hydrogen) atoms. The summed E-state index contributed by atoms with van der Waals surface area (Å²) < 4.78 is 0.975. The van der Waals surface area contributed by atoms with Gasteiger partial charge in [-0.05, 0) is 34.2 Å². The number of anilines is 1. The Kier molecular flexibility index (Phi) is 1.50. The quantitative estimate of drug-likeness (QED) is 0.755. The molecule has 0 unspecified atom stereocenters. The van der Waals surface area contributed by atoms with Crippen LogP contribution in [-0.4, -0.2) is 18.1 Å². The molecule has 1 aromatic heterocycles. The first-order valence-corrected chi connectivity index (χ1v) is 5.86. The lowest BCUT2D eigenvalue weighted by atomic mass is 10.4. The zero-order valence-electron chi connectivity index (χ0n) is 6.53. The van der Waals surface area contributed by atoms with E-state index in [0.29, 0.717) is 0 Å². The van der Waals surface area contributed by atoms with Gasteiger partial charge in [-0.2, -0.15) is 0 Å². The fourth-order valence-corrected chi connectivity index (χ4v) is 3.22. The molecule has 0 amide bonds. The Morgan fingerprint density at radius 2 is 2.25 bits per heavy atom. The Labute approximate surface area is 83.7 Å². The van der Waals surface area contributed by atoms with Crippen LogP contribution in [0.15, 0.2) is 9.98 Å². The van der Waals surface area contributed by atoms with Crippen LogP contribution < -0.4 is 4.90 Å². The van der Waals surface area contributed by atoms with Crippen LogP contribution in [0.3, 0.4) is 0 Å². The lowest BCUT2D eigenvalue weighted by Crippen LogP contribution is -2.21. The summed E-state index contributed by atoms with van der Waals surface area (Å²) in [6.45, 7) is 2.48. The van der Waals surface area contributed by atoms with E-state index in [0.717, 1.165) is 16.4 Å². The molecule has 4 heteroatoms. The molecule has 0 spiro atoms. The Morgan fingerprint density at radius 1 is 1.50 bits per heavy atom. The lowest BCUT2D eigenvalue weighted by Gasteiger charge is -2.15. The summed E-state index contributed by atoms with van der Waals surface area (Å²) in [7, 11) is 0. The van der Waals surface area contributed by atoms with Crippen molar-refractivity contribution < 1.29 is 0 Å². The van der Waals surface area contributed by atoms with Crippen molar-refractivity contribution in [3.8, 4) is 0 Å². The minimum absolute atomic E-state index is 0.975. The molecular weight excluding hydrogens is 236 g/mol. The van der Waals surface area contributed by atoms with Crippen LogP contribution in [0.25, 0.3) is 0 Å². The van der Waals surface area contributed by atoms with Gasteiger partial charge in [0, 0.05) is 18.5 Å². The monoisotopic (exact) mass is 244 g/mol. The second-order valence-electron chi connectivity index (χ2n) is 3.61. The minimum Gasteiger partial charge on any atom is -0.347 e. The van der Waals surface area contributed by atoms with Crippen molar-refractivity contribution in [1.29, 1.82) is 0 Å². The number of thiazole rings is 1. The smallest absolute Gasteiger partial charge is 0.186 e. The van der Waals surface area contributed by atoms with Crippen molar-refractivity contribution in [2.75, 3.05) is 18.0 Å². The van der Waals surface area contributed by atoms with E-state index in [1.54, 1.807) is 11.3 Å². The van der Waals surface area contributed by atoms with Gasteiger partial charge in [0.05, 0.1) is 0 Å². The zero-order valence-corrected chi connectivity index (χ0v) is 8.94. The van der Waals surface area contributed by atoms with Crippen molar-refractivity contribution in [3.05, 3.63) is 9.98 Å². The second kappa shape index (κ2) is 2.45. The maximum Gasteiger partial charge on any atom is 0.186 e. The van der Waals surface area contributed by atoms with Gasteiger partial charge in [-0.3, -0.25) is 0 Å². The summed E-state index contributed by atoms with van der Waals surface area (Å²) in [6, 6.07) is 0. The normalized spacial score (nSPS) is 32.2. The van der Waals surface area contributed by atoms with E-state index < -0.39 is 0 Å². The van der Waals surface area contributed by atoms with Gasteiger partial charge in [0.15, 0.2) is 5.13 Å². The summed E-state index contributed by atoms with van der Waals surface area (Å²) >= 11 is 5.12. The van der Waals surface area contributed by atoms with Gasteiger partial charge in [-0.25, -0.2) is 4.98 Å². The molecule has 2 heterocycles. The molecule has 1 saturated heterocycles. The Morgan fingerprint density at radius 3 is 2.83 bits per heavy atom. The Bertz CT molecular complexity index is 302. The van der Waals surface area contributed by atoms with Crippen molar-refractivity contribution in [1.82, 2.24) is 4.98 Å². The molecule has 0 N–H and O–H groups in total. The van der Waals surface area contributed by atoms with Crippen LogP contribution >= 0.6 is 27.3 Å². The van der Waals surface area contributed by atoms with E-state index in [1.165, 1.54) is 24.6 Å². The molecule has 0 bridgehead atoms. The first-order chi connectivity index (χ1) is 5.83. The summed E-state index contributed by atoms with van der Waals surface area (Å²) in [5.41, 5.74) is 0. The predicted octanol–water partition coefficient (Wildman–Crippen LogP) is 2.36. The number of aromatic nitrogens is 1. The third-order valence-corrected chi connectivity index (χ3v) is 4.32. The first kappa shape index (κ1) is 7.33. The van der Waals surface area contributed by atoms with Gasteiger partial charge >= 0.3 is 0 Å². The van der Waals surface area contributed by atoms with Crippen LogP contribution in [0, 0.1) is 11.8 Å². The van der Waals surface area contributed by atoms with Gasteiger partial charge < -0.3 is 4.90 Å². The number of hydrogen-bond donors (Lipinski definition) is 0. The van der Waals surface area contributed by atoms with E-state index in [1.807, 2.05) is 0 Å². The summed E-state index contributed by atoms with van der Waals surface area (Å²) in [5, 5.41) is 3.24. The van der Waals surface area contributed by atoms with E-state index in [4.69, 9.17) is 0 Å². The second-order valence-corrected chi connectivity index (χ2v) is 5.26. The van der Waals surface area contributed by atoms with Gasteiger partial charge in [0.2, 0.25) is 0 Å². The van der Waals surface area contributed by atoms with Gasteiger partial charge in [0.1, 0.15) is 4.60 Å². The van der Waals surface area contributed by atoms with Crippen LogP contribution in [0.4, 0.5) is 5.13 Å². The number of fused-ring (bicyclic) bond motifs is 1. The fraction of sp³-hybridized carbons (Fsp3) is 0.625. The maximum absolute atomic E-state index is 4.41. The Balaban J connectivity index is 1.81. The molecule has 1 aromatic rings. The molecule has 1 saturated carbocycles. The summed E-state index contributed by atoms with van der Waals surface area (Å²) in [4.78, 5) is 6.82. The number of nitrogens with zero attached hydrogens (tertiary/aromatic N) is 2. The van der Waals surface area contributed by atoms with E-state index in [-0.39, 0.29) is 0 Å². The third-order valence-electron chi connectivity index (χ3n) is 2.71. The number of piperidine rings is 1. The molecule has 64 valence electrons. The predicted molar refractivity (Wildman–Crippen MR) is 53.6 cm³/mol. The molecule has 3 rings (SSSR count). The molecule has 1 aliphatic carbocycles. The van der Waals surface area contributed by atoms with Gasteiger partial charge in [-0.1, -0.05) is 0 Å². The molecule has 2 nitrogen and oxygen atoms in total. The number of rotatable bonds is 1. The minimum atomic E-state index is 0.975. The summed E-state index contributed by atoms with van der Waals surface area (Å²) in [5.74, 6) is 1.99. The average Bonchev–Trinajstić information content (AvgIpc) is 2.49.